The van der Waals surface area contributed by atoms with Gasteiger partial charge >= 0.3 is 0 Å². The maximum absolute atomic E-state index is 13.6. The Morgan fingerprint density at radius 1 is 0.455 bits per heavy atom. The Morgan fingerprint density at radius 2 is 0.795 bits per heavy atom. The fourth-order valence-corrected chi connectivity index (χ4v) is 6.15. The predicted molar refractivity (Wildman–Crippen MR) is 165 cm³/mol. The quantitative estimate of drug-likeness (QED) is 0.155. The predicted octanol–water partition coefficient (Wildman–Crippen LogP) is 9.66. The molecule has 0 aliphatic heterocycles. The van der Waals surface area contributed by atoms with E-state index in [0.717, 1.165) is 44.5 Å². The summed E-state index contributed by atoms with van der Waals surface area (Å²) in [5.74, 6) is -0.690. The van der Waals surface area contributed by atoms with Gasteiger partial charge in [-0.2, -0.15) is 0 Å². The zero-order valence-electron chi connectivity index (χ0n) is 22.8. The first-order valence-corrected chi connectivity index (χ1v) is 13.5. The molecule has 44 heavy (non-hydrogen) atoms. The monoisotopic (exact) mass is 566 g/mol. The van der Waals surface area contributed by atoms with Crippen LogP contribution < -0.4 is 0 Å². The van der Waals surface area contributed by atoms with Crippen LogP contribution in [0, 0.1) is 47.4 Å². The van der Waals surface area contributed by atoms with Crippen molar-refractivity contribution in [3.8, 4) is 56.6 Å². The lowest BCUT2D eigenvalue weighted by molar-refractivity contribution is 0.627. The molecule has 0 unspecified atom stereocenters. The van der Waals surface area contributed by atoms with Crippen LogP contribution in [0.25, 0.3) is 65.3 Å². The summed E-state index contributed by atoms with van der Waals surface area (Å²) < 4.78 is 27.2. The zero-order chi connectivity index (χ0) is 30.5. The van der Waals surface area contributed by atoms with E-state index in [2.05, 4.69) is 21.8 Å². The minimum absolute atomic E-state index is 0.0549. The number of hydrogen-bond donors (Lipinski definition) is 0. The van der Waals surface area contributed by atoms with Gasteiger partial charge in [0.25, 0.3) is 11.4 Å². The van der Waals surface area contributed by atoms with Crippen molar-refractivity contribution in [2.75, 3.05) is 0 Å². The third-order valence-corrected chi connectivity index (χ3v) is 8.12. The van der Waals surface area contributed by atoms with Crippen LogP contribution in [0.15, 0.2) is 108 Å². The highest BCUT2D eigenvalue weighted by Gasteiger charge is 2.33. The van der Waals surface area contributed by atoms with Crippen LogP contribution in [0.3, 0.4) is 0 Å². The molecule has 0 N–H and O–H groups in total. The Hall–Kier alpha value is -6.60. The van der Waals surface area contributed by atoms with Gasteiger partial charge in [0.05, 0.1) is 25.3 Å². The Bertz CT molecular complexity index is 2120. The fourth-order valence-electron chi connectivity index (χ4n) is 6.15. The highest BCUT2D eigenvalue weighted by atomic mass is 19.1. The first-order valence-electron chi connectivity index (χ1n) is 13.5. The number of fused-ring (bicyclic) bond motifs is 6. The van der Waals surface area contributed by atoms with E-state index in [1.165, 1.54) is 24.3 Å². The van der Waals surface area contributed by atoms with Crippen LogP contribution in [0.4, 0.5) is 8.78 Å². The largest absolute Gasteiger partial charge is 0.270 e. The van der Waals surface area contributed by atoms with E-state index >= 15 is 0 Å². The third-order valence-electron chi connectivity index (χ3n) is 8.12. The minimum Gasteiger partial charge on any atom is -0.226 e. The summed E-state index contributed by atoms with van der Waals surface area (Å²) in [6.45, 7) is 15.6. The molecule has 5 aromatic rings. The van der Waals surface area contributed by atoms with Crippen molar-refractivity contribution in [1.29, 1.82) is 10.5 Å². The molecule has 0 heterocycles. The lowest BCUT2D eigenvalue weighted by atomic mass is 9.95. The van der Waals surface area contributed by atoms with Crippen molar-refractivity contribution in [3.63, 3.8) is 0 Å². The average molecular weight is 567 g/mol. The Kier molecular flexibility index (Phi) is 6.00. The minimum atomic E-state index is -0.345. The molecule has 0 bridgehead atoms. The molecule has 0 aromatic heterocycles. The molecule has 0 spiro atoms. The molecule has 0 saturated carbocycles. The van der Waals surface area contributed by atoms with E-state index in [1.807, 2.05) is 48.5 Å². The van der Waals surface area contributed by atoms with Gasteiger partial charge in [0.1, 0.15) is 11.6 Å². The van der Waals surface area contributed by atoms with Gasteiger partial charge in [-0.15, -0.1) is 0 Å². The summed E-state index contributed by atoms with van der Waals surface area (Å²) >= 11 is 0. The highest BCUT2D eigenvalue weighted by Crippen LogP contribution is 2.54. The van der Waals surface area contributed by atoms with Crippen molar-refractivity contribution < 1.29 is 8.78 Å². The standard InChI is InChI=1S/C38H16F2N4/c1-43-35(19-41)37-31-15-23(21-3-9-25(39)10-4-21)7-13-27(31)29-18-34-30(17-33(29)37)28-14-8-24(22-5-11-26(40)12-6-22)16-32(28)38(34)36(20-42)44-2/h3-18H/b37-35-,38-36+. The van der Waals surface area contributed by atoms with Gasteiger partial charge < -0.3 is 0 Å². The molecule has 0 atom stereocenters. The summed E-state index contributed by atoms with van der Waals surface area (Å²) in [6.07, 6.45) is 0. The van der Waals surface area contributed by atoms with Crippen LogP contribution in [-0.2, 0) is 0 Å². The molecule has 2 aliphatic carbocycles. The second-order valence-electron chi connectivity index (χ2n) is 10.4. The van der Waals surface area contributed by atoms with Crippen molar-refractivity contribution in [1.82, 2.24) is 0 Å². The fraction of sp³-hybridized carbons (Fsp3) is 0. The maximum atomic E-state index is 13.6. The normalized spacial score (nSPS) is 14.1. The Morgan fingerprint density at radius 3 is 1.14 bits per heavy atom. The highest BCUT2D eigenvalue weighted by molar-refractivity contribution is 6.11. The van der Waals surface area contributed by atoms with Crippen LogP contribution in [0.1, 0.15) is 22.3 Å². The van der Waals surface area contributed by atoms with Gasteiger partial charge in [0, 0.05) is 11.1 Å². The van der Waals surface area contributed by atoms with E-state index in [0.29, 0.717) is 33.4 Å². The van der Waals surface area contributed by atoms with E-state index in [1.54, 1.807) is 24.3 Å². The molecule has 7 rings (SSSR count). The molecular formula is C38H16F2N4. The van der Waals surface area contributed by atoms with Gasteiger partial charge in [-0.25, -0.2) is 29.0 Å². The molecule has 5 aromatic carbocycles. The Labute approximate surface area is 252 Å². The number of hydrogen-bond acceptors (Lipinski definition) is 2. The molecule has 202 valence electrons. The number of allylic oxidation sites excluding steroid dienone is 2. The van der Waals surface area contributed by atoms with Gasteiger partial charge in [0.15, 0.2) is 0 Å². The van der Waals surface area contributed by atoms with Gasteiger partial charge in [-0.3, -0.25) is 0 Å². The zero-order valence-corrected chi connectivity index (χ0v) is 22.8. The average Bonchev–Trinajstić information content (AvgIpc) is 3.53. The van der Waals surface area contributed by atoms with Crippen LogP contribution >= 0.6 is 0 Å². The molecule has 0 radical (unpaired) electrons. The molecular weight excluding hydrogens is 550 g/mol. The van der Waals surface area contributed by atoms with Gasteiger partial charge in [-0.05, 0) is 115 Å². The summed E-state index contributed by atoms with van der Waals surface area (Å²) in [5, 5.41) is 20.0. The van der Waals surface area contributed by atoms with Crippen molar-refractivity contribution in [2.45, 2.75) is 0 Å². The molecule has 6 heteroatoms. The molecule has 2 aliphatic rings. The summed E-state index contributed by atoms with van der Waals surface area (Å²) in [7, 11) is 0. The molecule has 0 amide bonds. The number of halogens is 2. The Balaban J connectivity index is 1.48. The van der Waals surface area contributed by atoms with Crippen molar-refractivity contribution >= 4 is 11.1 Å². The molecule has 4 nitrogen and oxygen atoms in total. The SMILES string of the molecule is [C-]#[N+]/C(C#N)=C1/c2cc(-c3ccc(F)cc3)ccc2-c2cc3c(cc21)-c1ccc(-c2ccc(F)cc2)cc1/C3=C(/C#N)[N+]#[C-]. The van der Waals surface area contributed by atoms with E-state index in [9.17, 15) is 19.3 Å². The number of benzene rings is 5. The molecule has 0 saturated heterocycles. The van der Waals surface area contributed by atoms with Crippen molar-refractivity contribution in [3.05, 3.63) is 165 Å². The smallest absolute Gasteiger partial charge is 0.226 e. The summed E-state index contributed by atoms with van der Waals surface area (Å²) in [5.41, 5.74) is 10.1. The second kappa shape index (κ2) is 10.0. The maximum Gasteiger partial charge on any atom is 0.270 e. The summed E-state index contributed by atoms with van der Waals surface area (Å²) in [4.78, 5) is 7.12. The van der Waals surface area contributed by atoms with Crippen molar-refractivity contribution in [2.24, 2.45) is 0 Å². The first-order chi connectivity index (χ1) is 21.4. The number of rotatable bonds is 2. The lowest BCUT2D eigenvalue weighted by Gasteiger charge is -2.09. The summed E-state index contributed by atoms with van der Waals surface area (Å²) in [6, 6.07) is 31.7. The lowest BCUT2D eigenvalue weighted by Crippen LogP contribution is -1.90. The van der Waals surface area contributed by atoms with E-state index in [-0.39, 0.29) is 23.0 Å². The van der Waals surface area contributed by atoms with E-state index in [4.69, 9.17) is 13.1 Å². The van der Waals surface area contributed by atoms with Crippen LogP contribution in [-0.4, -0.2) is 0 Å². The number of nitrogens with zero attached hydrogens (tertiary/aromatic N) is 4. The third kappa shape index (κ3) is 3.92. The van der Waals surface area contributed by atoms with Gasteiger partial charge in [0.2, 0.25) is 0 Å². The topological polar surface area (TPSA) is 56.3 Å². The van der Waals surface area contributed by atoms with E-state index < -0.39 is 0 Å². The first kappa shape index (κ1) is 26.3. The number of nitriles is 2. The van der Waals surface area contributed by atoms with Crippen LogP contribution in [0.5, 0.6) is 0 Å². The van der Waals surface area contributed by atoms with Crippen LogP contribution in [0.2, 0.25) is 0 Å². The second-order valence-corrected chi connectivity index (χ2v) is 10.4. The van der Waals surface area contributed by atoms with Gasteiger partial charge in [-0.1, -0.05) is 48.5 Å². The molecule has 0 fully saturated rings.